The first-order chi connectivity index (χ1) is 11.1. The molecule has 0 bridgehead atoms. The number of halogens is 2. The maximum Gasteiger partial charge on any atom is 0.148 e. The zero-order valence-electron chi connectivity index (χ0n) is 11.8. The molecule has 0 fully saturated rings. The Bertz CT molecular complexity index is 812. The molecule has 6 nitrogen and oxygen atoms in total. The highest BCUT2D eigenvalue weighted by atomic mass is 35.5. The highest BCUT2D eigenvalue weighted by molar-refractivity contribution is 6.29. The van der Waals surface area contributed by atoms with Gasteiger partial charge in [0.1, 0.15) is 16.7 Å². The molecule has 1 aromatic carbocycles. The van der Waals surface area contributed by atoms with Crippen LogP contribution in [0.25, 0.3) is 0 Å². The van der Waals surface area contributed by atoms with Crippen molar-refractivity contribution < 1.29 is 14.7 Å². The van der Waals surface area contributed by atoms with Crippen molar-refractivity contribution >= 4 is 23.0 Å². The van der Waals surface area contributed by atoms with Crippen molar-refractivity contribution in [3.63, 3.8) is 0 Å². The van der Waals surface area contributed by atoms with E-state index in [-0.39, 0.29) is 10.8 Å². The molecule has 0 aliphatic carbocycles. The fourth-order valence-corrected chi connectivity index (χ4v) is 3.01. The summed E-state index contributed by atoms with van der Waals surface area (Å²) in [6.45, 7) is 0. The van der Waals surface area contributed by atoms with Crippen LogP contribution in [-0.2, 0) is 6.42 Å². The summed E-state index contributed by atoms with van der Waals surface area (Å²) in [6, 6.07) is 7.75. The minimum absolute atomic E-state index is 0.189. The lowest BCUT2D eigenvalue weighted by Crippen LogP contribution is -2.46. The molecule has 0 spiro atoms. The van der Waals surface area contributed by atoms with Gasteiger partial charge in [-0.3, -0.25) is 5.21 Å². The number of hydrogen-bond acceptors (Lipinski definition) is 6. The average Bonchev–Trinajstić information content (AvgIpc) is 2.80. The molecular formula is C15H11ClFN4O2-. The van der Waals surface area contributed by atoms with Crippen LogP contribution in [-0.4, -0.2) is 15.5 Å². The number of para-hydroxylation sites is 1. The minimum atomic E-state index is -0.498. The van der Waals surface area contributed by atoms with Gasteiger partial charge in [-0.05, 0) is 36.6 Å². The number of benzene rings is 1. The zero-order valence-corrected chi connectivity index (χ0v) is 12.5. The van der Waals surface area contributed by atoms with Crippen LogP contribution in [0.1, 0.15) is 12.0 Å². The third-order valence-electron chi connectivity index (χ3n) is 3.92. The third-order valence-corrected chi connectivity index (χ3v) is 4.15. The fourth-order valence-electron chi connectivity index (χ4n) is 2.89. The number of pyridine rings is 1. The van der Waals surface area contributed by atoms with E-state index in [0.717, 1.165) is 10.6 Å². The van der Waals surface area contributed by atoms with Gasteiger partial charge in [0, 0.05) is 11.2 Å². The molecule has 8 heteroatoms. The van der Waals surface area contributed by atoms with Crippen LogP contribution >= 0.6 is 11.6 Å². The summed E-state index contributed by atoms with van der Waals surface area (Å²) in [5.41, 5.74) is 1.56. The molecule has 0 amide bonds. The highest BCUT2D eigenvalue weighted by Crippen LogP contribution is 2.42. The van der Waals surface area contributed by atoms with Crippen molar-refractivity contribution in [3.05, 3.63) is 64.6 Å². The second kappa shape index (κ2) is 5.09. The Morgan fingerprint density at radius 2 is 2.00 bits per heavy atom. The van der Waals surface area contributed by atoms with Gasteiger partial charge in [0.05, 0.1) is 17.6 Å². The van der Waals surface area contributed by atoms with Crippen LogP contribution in [0.2, 0.25) is 5.15 Å². The van der Waals surface area contributed by atoms with Crippen molar-refractivity contribution in [2.24, 2.45) is 0 Å². The summed E-state index contributed by atoms with van der Waals surface area (Å²) in [5, 5.41) is 26.2. The Balaban J connectivity index is 1.83. The van der Waals surface area contributed by atoms with Gasteiger partial charge in [0.2, 0.25) is 0 Å². The lowest BCUT2D eigenvalue weighted by molar-refractivity contribution is -0.314. The molecule has 118 valence electrons. The van der Waals surface area contributed by atoms with E-state index in [1.54, 1.807) is 18.2 Å². The third kappa shape index (κ3) is 2.05. The summed E-state index contributed by atoms with van der Waals surface area (Å²) in [6.07, 6.45) is 2.31. The first kappa shape index (κ1) is 14.3. The number of hydrazine groups is 2. The first-order valence-electron chi connectivity index (χ1n) is 6.96. The summed E-state index contributed by atoms with van der Waals surface area (Å²) in [5.74, 6) is -0.923. The standard InChI is InChI=1S/C15H12ClFN4O2/c16-13-7-5-10(8-18-13)19-15(22)12-6-4-9-2-1-3-11(17)14(9)20(12)21(19)23/h1-3,5,7-8,22-23H,4,6H2/p-1. The molecule has 0 radical (unpaired) electrons. The lowest BCUT2D eigenvalue weighted by Gasteiger charge is -2.35. The van der Waals surface area contributed by atoms with Gasteiger partial charge in [0.25, 0.3) is 0 Å². The van der Waals surface area contributed by atoms with E-state index < -0.39 is 11.7 Å². The van der Waals surface area contributed by atoms with E-state index >= 15 is 0 Å². The van der Waals surface area contributed by atoms with Gasteiger partial charge in [-0.25, -0.2) is 19.4 Å². The predicted molar refractivity (Wildman–Crippen MR) is 79.6 cm³/mol. The molecule has 0 unspecified atom stereocenters. The van der Waals surface area contributed by atoms with Gasteiger partial charge in [-0.1, -0.05) is 23.7 Å². The number of hydrogen-bond donors (Lipinski definition) is 1. The second-order valence-electron chi connectivity index (χ2n) is 5.23. The van der Waals surface area contributed by atoms with Crippen LogP contribution in [0.15, 0.2) is 48.1 Å². The molecule has 0 saturated heterocycles. The average molecular weight is 334 g/mol. The molecule has 3 heterocycles. The molecule has 23 heavy (non-hydrogen) atoms. The molecule has 2 aliphatic heterocycles. The van der Waals surface area contributed by atoms with Gasteiger partial charge in [0.15, 0.2) is 0 Å². The smallest absolute Gasteiger partial charge is 0.148 e. The van der Waals surface area contributed by atoms with Gasteiger partial charge in [-0.2, -0.15) is 0 Å². The zero-order chi connectivity index (χ0) is 16.1. The topological polar surface area (TPSA) is 65.9 Å². The SMILES string of the molecule is [O-]C1=C2CCc3cccc(F)c3N2N(O)N1c1ccc(Cl)nc1. The van der Waals surface area contributed by atoms with Crippen molar-refractivity contribution in [2.75, 3.05) is 10.0 Å². The van der Waals surface area contributed by atoms with E-state index in [4.69, 9.17) is 11.6 Å². The quantitative estimate of drug-likeness (QED) is 0.807. The number of aryl methyl sites for hydroxylation is 1. The maximum absolute atomic E-state index is 14.2. The molecule has 2 aromatic rings. The van der Waals surface area contributed by atoms with Crippen LogP contribution < -0.4 is 15.1 Å². The number of anilines is 2. The van der Waals surface area contributed by atoms with Crippen molar-refractivity contribution in [1.82, 2.24) is 10.3 Å². The second-order valence-corrected chi connectivity index (χ2v) is 5.62. The Hall–Kier alpha value is -2.35. The Morgan fingerprint density at radius 3 is 2.74 bits per heavy atom. The summed E-state index contributed by atoms with van der Waals surface area (Å²) >= 11 is 5.74. The van der Waals surface area contributed by atoms with Gasteiger partial charge in [-0.15, -0.1) is 0 Å². The molecule has 0 saturated carbocycles. The van der Waals surface area contributed by atoms with Crippen LogP contribution in [0.5, 0.6) is 0 Å². The van der Waals surface area contributed by atoms with Crippen molar-refractivity contribution in [1.29, 1.82) is 0 Å². The summed E-state index contributed by atoms with van der Waals surface area (Å²) in [7, 11) is 0. The highest BCUT2D eigenvalue weighted by Gasteiger charge is 2.38. The predicted octanol–water partition coefficient (Wildman–Crippen LogP) is 2.20. The number of rotatable bonds is 1. The van der Waals surface area contributed by atoms with Gasteiger partial charge >= 0.3 is 0 Å². The monoisotopic (exact) mass is 333 g/mol. The van der Waals surface area contributed by atoms with E-state index in [9.17, 15) is 14.7 Å². The largest absolute Gasteiger partial charge is 0.858 e. The lowest BCUT2D eigenvalue weighted by atomic mass is 10.0. The van der Waals surface area contributed by atoms with E-state index in [2.05, 4.69) is 4.98 Å². The fraction of sp³-hybridized carbons (Fsp3) is 0.133. The maximum atomic E-state index is 14.2. The molecule has 4 rings (SSSR count). The number of allylic oxidation sites excluding steroid dienone is 1. The van der Waals surface area contributed by atoms with Crippen LogP contribution in [0, 0.1) is 5.82 Å². The number of aromatic nitrogens is 1. The Labute approximate surface area is 136 Å². The van der Waals surface area contributed by atoms with E-state index in [1.165, 1.54) is 23.3 Å². The first-order valence-corrected chi connectivity index (χ1v) is 7.34. The molecule has 1 aromatic heterocycles. The molecule has 0 atom stereocenters. The van der Waals surface area contributed by atoms with E-state index in [1.807, 2.05) is 0 Å². The van der Waals surface area contributed by atoms with E-state index in [0.29, 0.717) is 29.5 Å². The molecule has 2 aliphatic rings. The van der Waals surface area contributed by atoms with Crippen molar-refractivity contribution in [3.8, 4) is 0 Å². The van der Waals surface area contributed by atoms with Crippen LogP contribution in [0.4, 0.5) is 15.8 Å². The Morgan fingerprint density at radius 1 is 1.17 bits per heavy atom. The van der Waals surface area contributed by atoms with Gasteiger partial charge < -0.3 is 5.11 Å². The number of nitrogens with zero attached hydrogens (tertiary/aromatic N) is 4. The van der Waals surface area contributed by atoms with Crippen LogP contribution in [0.3, 0.4) is 0 Å². The summed E-state index contributed by atoms with van der Waals surface area (Å²) in [4.78, 5) is 3.90. The Kier molecular flexibility index (Phi) is 3.15. The molecular weight excluding hydrogens is 323 g/mol. The summed E-state index contributed by atoms with van der Waals surface area (Å²) < 4.78 is 14.2. The molecule has 1 N–H and O–H groups in total. The van der Waals surface area contributed by atoms with Crippen molar-refractivity contribution in [2.45, 2.75) is 12.8 Å². The normalized spacial score (nSPS) is 17.5. The minimum Gasteiger partial charge on any atom is -0.858 e. The number of fused-ring (bicyclic) bond motifs is 3.